The van der Waals surface area contributed by atoms with Crippen molar-refractivity contribution in [2.24, 2.45) is 0 Å². The molecular weight excluding hydrogens is 218 g/mol. The second kappa shape index (κ2) is 3.99. The second-order valence-corrected chi connectivity index (χ2v) is 3.60. The standard InChI is InChI=1S/C12H7ClF2/c13-10-5-9(6-12(15)7-10)8-1-3-11(14)4-2-8/h1-7H. The van der Waals surface area contributed by atoms with Crippen molar-refractivity contribution in [2.75, 3.05) is 0 Å². The Bertz CT molecular complexity index is 457. The molecule has 0 nitrogen and oxygen atoms in total. The van der Waals surface area contributed by atoms with Gasteiger partial charge in [-0.25, -0.2) is 8.78 Å². The zero-order valence-corrected chi connectivity index (χ0v) is 8.43. The first kappa shape index (κ1) is 10.1. The Balaban J connectivity index is 2.49. The van der Waals surface area contributed by atoms with Gasteiger partial charge in [0.05, 0.1) is 0 Å². The van der Waals surface area contributed by atoms with Gasteiger partial charge in [-0.05, 0) is 41.5 Å². The van der Waals surface area contributed by atoms with Crippen molar-refractivity contribution in [3.63, 3.8) is 0 Å². The molecule has 2 rings (SSSR count). The highest BCUT2D eigenvalue weighted by Crippen LogP contribution is 2.24. The lowest BCUT2D eigenvalue weighted by Crippen LogP contribution is -1.81. The van der Waals surface area contributed by atoms with Gasteiger partial charge in [0.15, 0.2) is 0 Å². The minimum absolute atomic E-state index is 0.318. The summed E-state index contributed by atoms with van der Waals surface area (Å²) in [5, 5.41) is 0.328. The van der Waals surface area contributed by atoms with Crippen LogP contribution in [0.1, 0.15) is 0 Å². The molecule has 0 aliphatic rings. The number of benzene rings is 2. The average molecular weight is 225 g/mol. The first-order chi connectivity index (χ1) is 7.15. The van der Waals surface area contributed by atoms with Gasteiger partial charge < -0.3 is 0 Å². The first-order valence-corrected chi connectivity index (χ1v) is 4.75. The number of hydrogen-bond acceptors (Lipinski definition) is 0. The zero-order chi connectivity index (χ0) is 10.8. The molecule has 0 aliphatic carbocycles. The molecular formula is C12H7ClF2. The maximum atomic E-state index is 13.0. The Morgan fingerprint density at radius 2 is 1.40 bits per heavy atom. The van der Waals surface area contributed by atoms with Gasteiger partial charge in [0.25, 0.3) is 0 Å². The Labute approximate surface area is 91.1 Å². The predicted octanol–water partition coefficient (Wildman–Crippen LogP) is 4.29. The third-order valence-electron chi connectivity index (χ3n) is 2.04. The zero-order valence-electron chi connectivity index (χ0n) is 7.68. The van der Waals surface area contributed by atoms with Gasteiger partial charge in [-0.15, -0.1) is 0 Å². The monoisotopic (exact) mass is 224 g/mol. The van der Waals surface area contributed by atoms with Crippen LogP contribution in [-0.2, 0) is 0 Å². The minimum atomic E-state index is -0.401. The molecule has 3 heteroatoms. The second-order valence-electron chi connectivity index (χ2n) is 3.17. The van der Waals surface area contributed by atoms with E-state index < -0.39 is 5.82 Å². The summed E-state index contributed by atoms with van der Waals surface area (Å²) in [6, 6.07) is 10.1. The van der Waals surface area contributed by atoms with Crippen molar-refractivity contribution < 1.29 is 8.78 Å². The van der Waals surface area contributed by atoms with Crippen LogP contribution in [0.2, 0.25) is 5.02 Å². The van der Waals surface area contributed by atoms with Crippen LogP contribution >= 0.6 is 11.6 Å². The summed E-state index contributed by atoms with van der Waals surface area (Å²) in [6.07, 6.45) is 0. The molecule has 0 atom stereocenters. The molecule has 0 radical (unpaired) electrons. The van der Waals surface area contributed by atoms with Crippen LogP contribution in [-0.4, -0.2) is 0 Å². The molecule has 0 spiro atoms. The van der Waals surface area contributed by atoms with E-state index >= 15 is 0 Å². The van der Waals surface area contributed by atoms with E-state index in [0.717, 1.165) is 5.56 Å². The van der Waals surface area contributed by atoms with E-state index in [0.29, 0.717) is 10.6 Å². The van der Waals surface area contributed by atoms with Gasteiger partial charge >= 0.3 is 0 Å². The van der Waals surface area contributed by atoms with Crippen molar-refractivity contribution in [3.8, 4) is 11.1 Å². The van der Waals surface area contributed by atoms with Crippen molar-refractivity contribution >= 4 is 11.6 Å². The molecule has 0 saturated carbocycles. The highest BCUT2D eigenvalue weighted by Gasteiger charge is 2.02. The third-order valence-corrected chi connectivity index (χ3v) is 2.26. The van der Waals surface area contributed by atoms with Gasteiger partial charge in [0.2, 0.25) is 0 Å². The predicted molar refractivity (Wildman–Crippen MR) is 56.8 cm³/mol. The number of halogens is 3. The molecule has 0 bridgehead atoms. The largest absolute Gasteiger partial charge is 0.207 e. The number of rotatable bonds is 1. The van der Waals surface area contributed by atoms with Crippen molar-refractivity contribution in [2.45, 2.75) is 0 Å². The first-order valence-electron chi connectivity index (χ1n) is 4.37. The summed E-state index contributed by atoms with van der Waals surface area (Å²) in [7, 11) is 0. The Kier molecular flexibility index (Phi) is 2.69. The number of hydrogen-bond donors (Lipinski definition) is 0. The van der Waals surface area contributed by atoms with Crippen molar-refractivity contribution in [1.82, 2.24) is 0 Å². The van der Waals surface area contributed by atoms with E-state index in [9.17, 15) is 8.78 Å². The molecule has 0 heterocycles. The molecule has 0 amide bonds. The molecule has 0 fully saturated rings. The smallest absolute Gasteiger partial charge is 0.125 e. The third kappa shape index (κ3) is 2.34. The summed E-state index contributed by atoms with van der Waals surface area (Å²) >= 11 is 5.72. The van der Waals surface area contributed by atoms with Crippen LogP contribution in [0.4, 0.5) is 8.78 Å². The normalized spacial score (nSPS) is 10.3. The summed E-state index contributed by atoms with van der Waals surface area (Å²) in [5.74, 6) is -0.719. The SMILES string of the molecule is Fc1ccc(-c2cc(F)cc(Cl)c2)cc1. The molecule has 15 heavy (non-hydrogen) atoms. The van der Waals surface area contributed by atoms with Crippen LogP contribution in [0.15, 0.2) is 42.5 Å². The summed E-state index contributed by atoms with van der Waals surface area (Å²) in [4.78, 5) is 0. The van der Waals surface area contributed by atoms with Gasteiger partial charge in [-0.3, -0.25) is 0 Å². The Morgan fingerprint density at radius 1 is 0.733 bits per heavy atom. The lowest BCUT2D eigenvalue weighted by atomic mass is 10.1. The molecule has 0 aliphatic heterocycles. The van der Waals surface area contributed by atoms with Gasteiger partial charge in [-0.2, -0.15) is 0 Å². The van der Waals surface area contributed by atoms with Gasteiger partial charge in [-0.1, -0.05) is 23.7 Å². The van der Waals surface area contributed by atoms with E-state index in [1.54, 1.807) is 18.2 Å². The molecule has 0 N–H and O–H groups in total. The Hall–Kier alpha value is -1.41. The van der Waals surface area contributed by atoms with Crippen LogP contribution in [0.3, 0.4) is 0 Å². The maximum absolute atomic E-state index is 13.0. The molecule has 2 aromatic rings. The Morgan fingerprint density at radius 3 is 2.00 bits per heavy atom. The molecule has 0 aromatic heterocycles. The fourth-order valence-electron chi connectivity index (χ4n) is 1.36. The summed E-state index contributed by atoms with van der Waals surface area (Å²) in [6.45, 7) is 0. The van der Waals surface area contributed by atoms with Crippen molar-refractivity contribution in [1.29, 1.82) is 0 Å². The highest BCUT2D eigenvalue weighted by atomic mass is 35.5. The molecule has 76 valence electrons. The topological polar surface area (TPSA) is 0 Å². The van der Waals surface area contributed by atoms with Gasteiger partial charge in [0, 0.05) is 5.02 Å². The summed E-state index contributed by atoms with van der Waals surface area (Å²) < 4.78 is 25.7. The molecule has 0 unspecified atom stereocenters. The summed E-state index contributed by atoms with van der Waals surface area (Å²) in [5.41, 5.74) is 1.37. The van der Waals surface area contributed by atoms with Crippen molar-refractivity contribution in [3.05, 3.63) is 59.1 Å². The maximum Gasteiger partial charge on any atom is 0.125 e. The van der Waals surface area contributed by atoms with Crippen LogP contribution in [0, 0.1) is 11.6 Å². The minimum Gasteiger partial charge on any atom is -0.207 e. The fraction of sp³-hybridized carbons (Fsp3) is 0. The van der Waals surface area contributed by atoms with E-state index in [1.807, 2.05) is 0 Å². The fourth-order valence-corrected chi connectivity index (χ4v) is 1.58. The van der Waals surface area contributed by atoms with E-state index in [4.69, 9.17) is 11.6 Å². The van der Waals surface area contributed by atoms with E-state index in [1.165, 1.54) is 24.3 Å². The quantitative estimate of drug-likeness (QED) is 0.678. The van der Waals surface area contributed by atoms with Crippen LogP contribution in [0.5, 0.6) is 0 Å². The van der Waals surface area contributed by atoms with Crippen LogP contribution < -0.4 is 0 Å². The van der Waals surface area contributed by atoms with E-state index in [-0.39, 0.29) is 5.82 Å². The van der Waals surface area contributed by atoms with Gasteiger partial charge in [0.1, 0.15) is 11.6 Å². The van der Waals surface area contributed by atoms with E-state index in [2.05, 4.69) is 0 Å². The highest BCUT2D eigenvalue weighted by molar-refractivity contribution is 6.30. The molecule has 2 aromatic carbocycles. The lowest BCUT2D eigenvalue weighted by molar-refractivity contribution is 0.627. The molecule has 0 saturated heterocycles. The lowest BCUT2D eigenvalue weighted by Gasteiger charge is -2.02. The van der Waals surface area contributed by atoms with Crippen LogP contribution in [0.25, 0.3) is 11.1 Å². The average Bonchev–Trinajstić information content (AvgIpc) is 2.17.